The number of benzene rings is 2. The topological polar surface area (TPSA) is 52.7 Å². The zero-order chi connectivity index (χ0) is 22.5. The van der Waals surface area contributed by atoms with Gasteiger partial charge in [-0.15, -0.1) is 0 Å². The molecule has 5 nitrogen and oxygen atoms in total. The van der Waals surface area contributed by atoms with Crippen molar-refractivity contribution < 1.29 is 14.0 Å². The van der Waals surface area contributed by atoms with Gasteiger partial charge in [-0.1, -0.05) is 27.7 Å². The second-order valence-corrected chi connectivity index (χ2v) is 8.68. The minimum atomic E-state index is -0.507. The molecule has 0 aliphatic heterocycles. The van der Waals surface area contributed by atoms with Gasteiger partial charge in [-0.25, -0.2) is 4.39 Å². The van der Waals surface area contributed by atoms with Crippen LogP contribution in [-0.4, -0.2) is 37.4 Å². The molecule has 2 aromatic carbocycles. The number of carbonyl (C=O) groups is 2. The van der Waals surface area contributed by atoms with E-state index in [1.165, 1.54) is 24.3 Å². The maximum absolute atomic E-state index is 13.3. The van der Waals surface area contributed by atoms with Crippen LogP contribution < -0.4 is 10.2 Å². The van der Waals surface area contributed by atoms with Crippen molar-refractivity contribution in [3.63, 3.8) is 0 Å². The summed E-state index contributed by atoms with van der Waals surface area (Å²) in [7, 11) is 3.89. The molecule has 0 fully saturated rings. The fraction of sp³-hybridized carbons (Fsp3) is 0.417. The third-order valence-electron chi connectivity index (χ3n) is 4.73. The molecule has 0 unspecified atom stereocenters. The van der Waals surface area contributed by atoms with Crippen LogP contribution >= 0.6 is 0 Å². The zero-order valence-corrected chi connectivity index (χ0v) is 18.8. The summed E-state index contributed by atoms with van der Waals surface area (Å²) in [5.41, 5.74) is 2.54. The number of hydrogen-bond acceptors (Lipinski definition) is 3. The number of carbonyl (C=O) groups excluding carboxylic acids is 2. The van der Waals surface area contributed by atoms with Crippen LogP contribution in [-0.2, 0) is 11.3 Å². The highest BCUT2D eigenvalue weighted by Crippen LogP contribution is 2.26. The Hall–Kier alpha value is -2.89. The Kier molecular flexibility index (Phi) is 7.59. The smallest absolute Gasteiger partial charge is 0.254 e. The second kappa shape index (κ2) is 9.74. The molecule has 0 spiro atoms. The summed E-state index contributed by atoms with van der Waals surface area (Å²) >= 11 is 0. The lowest BCUT2D eigenvalue weighted by molar-refractivity contribution is -0.123. The second-order valence-electron chi connectivity index (χ2n) is 8.68. The average molecular weight is 414 g/mol. The van der Waals surface area contributed by atoms with Crippen LogP contribution in [0.3, 0.4) is 0 Å². The molecular weight excluding hydrogens is 381 g/mol. The van der Waals surface area contributed by atoms with Crippen molar-refractivity contribution in [2.24, 2.45) is 5.41 Å². The summed E-state index contributed by atoms with van der Waals surface area (Å²) in [6, 6.07) is 11.3. The molecule has 162 valence electrons. The van der Waals surface area contributed by atoms with Gasteiger partial charge in [0.1, 0.15) is 5.82 Å². The number of amides is 2. The standard InChI is InChI=1S/C24H32FN3O2/c1-7-14-28(22(29)17-8-10-19(25)11-9-17)16-18-15-20(12-13-21(18)27(5)6)26-23(30)24(2,3)4/h8-13,15H,7,14,16H2,1-6H3,(H,26,30). The first kappa shape index (κ1) is 23.4. The van der Waals surface area contributed by atoms with E-state index in [0.717, 1.165) is 17.7 Å². The molecule has 0 atom stereocenters. The Morgan fingerprint density at radius 3 is 2.20 bits per heavy atom. The molecule has 6 heteroatoms. The molecule has 0 bridgehead atoms. The molecule has 0 heterocycles. The van der Waals surface area contributed by atoms with Crippen molar-refractivity contribution in [1.29, 1.82) is 0 Å². The van der Waals surface area contributed by atoms with Crippen LogP contribution in [0.4, 0.5) is 15.8 Å². The highest BCUT2D eigenvalue weighted by molar-refractivity contribution is 5.95. The quantitative estimate of drug-likeness (QED) is 0.700. The Bertz CT molecular complexity index is 886. The number of nitrogens with zero attached hydrogens (tertiary/aromatic N) is 2. The molecule has 2 rings (SSSR count). The Labute approximate surface area is 178 Å². The molecular formula is C24H32FN3O2. The molecule has 0 saturated heterocycles. The van der Waals surface area contributed by atoms with Gasteiger partial charge in [0.2, 0.25) is 5.91 Å². The largest absolute Gasteiger partial charge is 0.377 e. The molecule has 0 saturated carbocycles. The predicted molar refractivity (Wildman–Crippen MR) is 120 cm³/mol. The number of halogens is 1. The van der Waals surface area contributed by atoms with E-state index in [1.807, 2.05) is 64.9 Å². The summed E-state index contributed by atoms with van der Waals surface area (Å²) in [4.78, 5) is 29.2. The van der Waals surface area contributed by atoms with E-state index in [1.54, 1.807) is 4.90 Å². The monoisotopic (exact) mass is 413 g/mol. The Morgan fingerprint density at radius 1 is 1.03 bits per heavy atom. The van der Waals surface area contributed by atoms with Gasteiger partial charge in [0.25, 0.3) is 5.91 Å². The van der Waals surface area contributed by atoms with E-state index >= 15 is 0 Å². The van der Waals surface area contributed by atoms with Gasteiger partial charge >= 0.3 is 0 Å². The van der Waals surface area contributed by atoms with Crippen molar-refractivity contribution in [1.82, 2.24) is 4.90 Å². The highest BCUT2D eigenvalue weighted by atomic mass is 19.1. The minimum Gasteiger partial charge on any atom is -0.377 e. The molecule has 0 aromatic heterocycles. The van der Waals surface area contributed by atoms with E-state index in [4.69, 9.17) is 0 Å². The molecule has 0 radical (unpaired) electrons. The minimum absolute atomic E-state index is 0.0705. The average Bonchev–Trinajstić information content (AvgIpc) is 2.67. The fourth-order valence-electron chi connectivity index (χ4n) is 3.05. The molecule has 1 N–H and O–H groups in total. The van der Waals surface area contributed by atoms with E-state index < -0.39 is 5.41 Å². The third kappa shape index (κ3) is 6.05. The Balaban J connectivity index is 2.35. The van der Waals surface area contributed by atoms with Crippen molar-refractivity contribution in [2.45, 2.75) is 40.7 Å². The first-order valence-corrected chi connectivity index (χ1v) is 10.2. The van der Waals surface area contributed by atoms with Crippen LogP contribution in [0.25, 0.3) is 0 Å². The first-order valence-electron chi connectivity index (χ1n) is 10.2. The van der Waals surface area contributed by atoms with Crippen molar-refractivity contribution >= 4 is 23.2 Å². The van der Waals surface area contributed by atoms with Crippen molar-refractivity contribution in [3.8, 4) is 0 Å². The van der Waals surface area contributed by atoms with Crippen LogP contribution in [0.5, 0.6) is 0 Å². The lowest BCUT2D eigenvalue weighted by Gasteiger charge is -2.26. The third-order valence-corrected chi connectivity index (χ3v) is 4.73. The molecule has 0 aliphatic carbocycles. The van der Waals surface area contributed by atoms with Crippen LogP contribution in [0.15, 0.2) is 42.5 Å². The summed E-state index contributed by atoms with van der Waals surface area (Å²) in [6.45, 7) is 8.56. The molecule has 2 aromatic rings. The van der Waals surface area contributed by atoms with Gasteiger partial charge in [0.05, 0.1) is 0 Å². The predicted octanol–water partition coefficient (Wildman–Crippen LogP) is 4.93. The van der Waals surface area contributed by atoms with Crippen LogP contribution in [0, 0.1) is 11.2 Å². The van der Waals surface area contributed by atoms with Gasteiger partial charge in [0.15, 0.2) is 0 Å². The zero-order valence-electron chi connectivity index (χ0n) is 18.8. The normalized spacial score (nSPS) is 11.2. The summed E-state index contributed by atoms with van der Waals surface area (Å²) in [5.74, 6) is -0.588. The van der Waals surface area contributed by atoms with Gasteiger partial charge in [-0.2, -0.15) is 0 Å². The number of nitrogens with one attached hydrogen (secondary N) is 1. The molecule has 0 aliphatic rings. The molecule has 30 heavy (non-hydrogen) atoms. The maximum atomic E-state index is 13.3. The van der Waals surface area contributed by atoms with Crippen LogP contribution in [0.1, 0.15) is 50.0 Å². The lowest BCUT2D eigenvalue weighted by atomic mass is 9.95. The number of hydrogen-bond donors (Lipinski definition) is 1. The van der Waals surface area contributed by atoms with E-state index in [0.29, 0.717) is 24.3 Å². The van der Waals surface area contributed by atoms with Gasteiger partial charge < -0.3 is 15.1 Å². The fourth-order valence-corrected chi connectivity index (χ4v) is 3.05. The van der Waals surface area contributed by atoms with Gasteiger partial charge in [0, 0.05) is 49.5 Å². The lowest BCUT2D eigenvalue weighted by Crippen LogP contribution is -2.32. The van der Waals surface area contributed by atoms with Crippen molar-refractivity contribution in [3.05, 3.63) is 59.4 Å². The number of anilines is 2. The summed E-state index contributed by atoms with van der Waals surface area (Å²) in [5, 5.41) is 2.96. The molecule has 2 amide bonds. The first-order chi connectivity index (χ1) is 14.0. The summed E-state index contributed by atoms with van der Waals surface area (Å²) < 4.78 is 13.3. The highest BCUT2D eigenvalue weighted by Gasteiger charge is 2.22. The number of rotatable bonds is 7. The van der Waals surface area contributed by atoms with Crippen LogP contribution in [0.2, 0.25) is 0 Å². The van der Waals surface area contributed by atoms with Gasteiger partial charge in [-0.05, 0) is 54.4 Å². The summed E-state index contributed by atoms with van der Waals surface area (Å²) in [6.07, 6.45) is 0.796. The Morgan fingerprint density at radius 2 is 1.67 bits per heavy atom. The van der Waals surface area contributed by atoms with E-state index in [2.05, 4.69) is 5.32 Å². The van der Waals surface area contributed by atoms with E-state index in [9.17, 15) is 14.0 Å². The maximum Gasteiger partial charge on any atom is 0.254 e. The SMILES string of the molecule is CCCN(Cc1cc(NC(=O)C(C)(C)C)ccc1N(C)C)C(=O)c1ccc(F)cc1. The van der Waals surface area contributed by atoms with Crippen molar-refractivity contribution in [2.75, 3.05) is 30.9 Å². The van der Waals surface area contributed by atoms with Gasteiger partial charge in [-0.3, -0.25) is 9.59 Å². The van der Waals surface area contributed by atoms with E-state index in [-0.39, 0.29) is 17.6 Å².